The van der Waals surface area contributed by atoms with Crippen molar-refractivity contribution in [3.63, 3.8) is 0 Å². The maximum Gasteiger partial charge on any atom is 0.311 e. The second-order valence-electron chi connectivity index (χ2n) is 16.9. The van der Waals surface area contributed by atoms with Crippen LogP contribution >= 0.6 is 0 Å². The third-order valence-corrected chi connectivity index (χ3v) is 12.2. The summed E-state index contributed by atoms with van der Waals surface area (Å²) >= 11 is 0. The van der Waals surface area contributed by atoms with Crippen LogP contribution in [0.4, 0.5) is 0 Å². The third-order valence-electron chi connectivity index (χ3n) is 12.2. The number of nitroso groups, excluding NO2 is 1. The number of rotatable bonds is 8. The molecule has 0 spiro atoms. The molecule has 3 aliphatic rings. The van der Waals surface area contributed by atoms with Crippen LogP contribution in [0.5, 0.6) is 0 Å². The Labute approximate surface area is 315 Å². The molecule has 0 saturated carbocycles. The van der Waals surface area contributed by atoms with Crippen LogP contribution in [-0.4, -0.2) is 159 Å². The molecule has 0 aromatic rings. The SMILES string of the molecule is CC[C@H]1OC(=O)[C@H](C)[C@@H](O[C@H]2C[C@@](C)(OC)[C@@H](O)[C@H](C)O2)[C@H](C)[C@@H](O[C@@H]2O[C@H](C)C[C@H](N(C)N=O)[C@H]2O)[C@](C)(O)C[C@@H](C)CN(C)[C@H](C)[C@@H](O)[C@]1(C)O. The molecule has 5 N–H and O–H groups in total. The number of nitrogens with zero attached hydrogens (tertiary/aromatic N) is 3. The van der Waals surface area contributed by atoms with E-state index in [1.165, 1.54) is 21.1 Å². The predicted octanol–water partition coefficient (Wildman–Crippen LogP) is 1.95. The summed E-state index contributed by atoms with van der Waals surface area (Å²) in [7, 11) is 4.75. The summed E-state index contributed by atoms with van der Waals surface area (Å²) in [6.45, 7) is 17.5. The topological polar surface area (TPSA) is 210 Å². The van der Waals surface area contributed by atoms with Crippen LogP contribution in [0.2, 0.25) is 0 Å². The minimum atomic E-state index is -1.83. The van der Waals surface area contributed by atoms with E-state index >= 15 is 0 Å². The Hall–Kier alpha value is -1.57. The van der Waals surface area contributed by atoms with E-state index in [1.54, 1.807) is 55.4 Å². The Morgan fingerprint density at radius 2 is 1.60 bits per heavy atom. The maximum absolute atomic E-state index is 14.2. The molecule has 3 aliphatic heterocycles. The number of aliphatic hydroxyl groups is 5. The van der Waals surface area contributed by atoms with Gasteiger partial charge in [0.15, 0.2) is 12.6 Å². The van der Waals surface area contributed by atoms with Gasteiger partial charge in [-0.25, -0.2) is 0 Å². The van der Waals surface area contributed by atoms with E-state index in [2.05, 4.69) is 5.29 Å². The van der Waals surface area contributed by atoms with Crippen LogP contribution < -0.4 is 0 Å². The minimum Gasteiger partial charge on any atom is -0.459 e. The molecule has 16 nitrogen and oxygen atoms in total. The fraction of sp³-hybridized carbons (Fsp3) is 0.973. The lowest BCUT2D eigenvalue weighted by Crippen LogP contribution is -2.60. The standard InChI is InChI=1S/C37H69N3O13/c1-14-26-37(10,46)30(42)23(6)39(11)18-19(2)16-35(8,45)32(53-34-28(41)25(40(12)38-47)15-20(3)49-34)21(4)29(22(5)33(44)51-26)52-27-17-36(9,48-13)31(43)24(7)50-27/h19-32,34,41-43,45-46H,14-18H2,1-13H3/t19-,20-,21+,22-,23-,24+,25+,26-,27+,28-,29+,30-,31+,32-,34+,35-,36-,37-/m1/s1. The van der Waals surface area contributed by atoms with Gasteiger partial charge in [-0.05, 0) is 80.7 Å². The Morgan fingerprint density at radius 1 is 0.981 bits per heavy atom. The molecule has 0 bridgehead atoms. The summed E-state index contributed by atoms with van der Waals surface area (Å²) in [5, 5.41) is 62.1. The Morgan fingerprint density at radius 3 is 2.17 bits per heavy atom. The number of methoxy groups -OCH3 is 1. The molecule has 0 aliphatic carbocycles. The predicted molar refractivity (Wildman–Crippen MR) is 194 cm³/mol. The quantitative estimate of drug-likeness (QED) is 0.136. The lowest BCUT2D eigenvalue weighted by atomic mass is 9.77. The van der Waals surface area contributed by atoms with Crippen molar-refractivity contribution in [3.8, 4) is 0 Å². The monoisotopic (exact) mass is 763 g/mol. The molecule has 18 atom stereocenters. The molecule has 0 unspecified atom stereocenters. The van der Waals surface area contributed by atoms with E-state index < -0.39 is 108 Å². The van der Waals surface area contributed by atoms with Gasteiger partial charge in [0.1, 0.15) is 30.0 Å². The summed E-state index contributed by atoms with van der Waals surface area (Å²) in [5.74, 6) is -2.83. The lowest BCUT2D eigenvalue weighted by molar-refractivity contribution is -0.318. The van der Waals surface area contributed by atoms with Crippen molar-refractivity contribution in [2.75, 3.05) is 27.7 Å². The van der Waals surface area contributed by atoms with Gasteiger partial charge in [-0.3, -0.25) is 9.80 Å². The number of carbonyl (C=O) groups excluding carboxylic acids is 1. The first-order chi connectivity index (χ1) is 24.4. The zero-order valence-corrected chi connectivity index (χ0v) is 34.0. The van der Waals surface area contributed by atoms with Gasteiger partial charge in [0, 0.05) is 39.1 Å². The number of aliphatic hydroxyl groups excluding tert-OH is 3. The molecule has 3 saturated heterocycles. The molecule has 3 fully saturated rings. The zero-order chi connectivity index (χ0) is 40.4. The van der Waals surface area contributed by atoms with E-state index in [4.69, 9.17) is 28.4 Å². The van der Waals surface area contributed by atoms with Crippen molar-refractivity contribution in [1.82, 2.24) is 9.91 Å². The van der Waals surface area contributed by atoms with Crippen molar-refractivity contribution >= 4 is 5.97 Å². The van der Waals surface area contributed by atoms with Gasteiger partial charge in [0.2, 0.25) is 0 Å². The Bertz CT molecular complexity index is 1200. The highest BCUT2D eigenvalue weighted by Gasteiger charge is 2.52. The minimum absolute atomic E-state index is 0.0936. The van der Waals surface area contributed by atoms with Crippen molar-refractivity contribution in [2.45, 2.75) is 185 Å². The molecule has 0 aromatic heterocycles. The third kappa shape index (κ3) is 10.2. The summed E-state index contributed by atoms with van der Waals surface area (Å²) in [6, 6.07) is -1.31. The van der Waals surface area contributed by atoms with Crippen LogP contribution in [0.25, 0.3) is 0 Å². The highest BCUT2D eigenvalue weighted by atomic mass is 16.7. The summed E-state index contributed by atoms with van der Waals surface area (Å²) in [5.41, 5.74) is -4.53. The van der Waals surface area contributed by atoms with E-state index in [0.29, 0.717) is 13.0 Å². The molecular weight excluding hydrogens is 694 g/mol. The second kappa shape index (κ2) is 18.1. The van der Waals surface area contributed by atoms with Crippen molar-refractivity contribution in [3.05, 3.63) is 4.91 Å². The normalized spacial score (nSPS) is 48.6. The first-order valence-corrected chi connectivity index (χ1v) is 19.1. The van der Waals surface area contributed by atoms with Crippen LogP contribution in [0, 0.1) is 22.7 Å². The van der Waals surface area contributed by atoms with E-state index in [-0.39, 0.29) is 25.2 Å². The second-order valence-corrected chi connectivity index (χ2v) is 16.9. The fourth-order valence-electron chi connectivity index (χ4n) is 8.65. The molecule has 3 heterocycles. The van der Waals surface area contributed by atoms with Gasteiger partial charge in [0.05, 0.1) is 52.9 Å². The number of cyclic esters (lactones) is 1. The first-order valence-electron chi connectivity index (χ1n) is 19.1. The van der Waals surface area contributed by atoms with Crippen LogP contribution in [-0.2, 0) is 33.2 Å². The van der Waals surface area contributed by atoms with Crippen LogP contribution in [0.1, 0.15) is 94.9 Å². The average Bonchev–Trinajstić information content (AvgIpc) is 3.09. The number of hydrogen-bond donors (Lipinski definition) is 5. The van der Waals surface area contributed by atoms with Gasteiger partial charge in [-0.2, -0.15) is 0 Å². The first kappa shape index (κ1) is 45.8. The number of hydrogen-bond acceptors (Lipinski definition) is 15. The maximum atomic E-state index is 14.2. The van der Waals surface area contributed by atoms with Crippen molar-refractivity contribution in [1.29, 1.82) is 0 Å². The largest absolute Gasteiger partial charge is 0.459 e. The summed E-state index contributed by atoms with van der Waals surface area (Å²) in [4.78, 5) is 27.6. The smallest absolute Gasteiger partial charge is 0.311 e. The highest BCUT2D eigenvalue weighted by molar-refractivity contribution is 5.73. The number of ether oxygens (including phenoxy) is 6. The number of likely N-dealkylation sites (N-methyl/N-ethyl adjacent to an activating group) is 2. The molecule has 0 amide bonds. The van der Waals surface area contributed by atoms with Gasteiger partial charge < -0.3 is 58.9 Å². The van der Waals surface area contributed by atoms with E-state index in [1.807, 2.05) is 18.9 Å². The highest BCUT2D eigenvalue weighted by Crippen LogP contribution is 2.40. The zero-order valence-electron chi connectivity index (χ0n) is 34.0. The van der Waals surface area contributed by atoms with E-state index in [9.17, 15) is 35.2 Å². The molecular formula is C37H69N3O13. The number of esters is 1. The summed E-state index contributed by atoms with van der Waals surface area (Å²) in [6.07, 6.45) is -9.65. The molecule has 0 aromatic carbocycles. The van der Waals surface area contributed by atoms with Gasteiger partial charge in [-0.1, -0.05) is 20.8 Å². The molecule has 16 heteroatoms. The van der Waals surface area contributed by atoms with Gasteiger partial charge in [0.25, 0.3) is 0 Å². The molecule has 310 valence electrons. The molecule has 53 heavy (non-hydrogen) atoms. The van der Waals surface area contributed by atoms with Crippen molar-refractivity contribution in [2.24, 2.45) is 23.0 Å². The van der Waals surface area contributed by atoms with Crippen LogP contribution in [0.15, 0.2) is 5.29 Å². The fourth-order valence-corrected chi connectivity index (χ4v) is 8.65. The Kier molecular flexibility index (Phi) is 15.7. The van der Waals surface area contributed by atoms with Gasteiger partial charge in [-0.15, -0.1) is 4.91 Å². The molecule has 0 radical (unpaired) electrons. The average molecular weight is 764 g/mol. The molecule has 3 rings (SSSR count). The van der Waals surface area contributed by atoms with E-state index in [0.717, 1.165) is 5.01 Å². The van der Waals surface area contributed by atoms with Gasteiger partial charge >= 0.3 is 5.97 Å². The summed E-state index contributed by atoms with van der Waals surface area (Å²) < 4.78 is 37.2. The number of carbonyl (C=O) groups is 1. The lowest BCUT2D eigenvalue weighted by Gasteiger charge is -2.48. The van der Waals surface area contributed by atoms with Crippen molar-refractivity contribution < 1.29 is 58.7 Å². The Balaban J connectivity index is 2.18. The van der Waals surface area contributed by atoms with Crippen LogP contribution in [0.3, 0.4) is 0 Å².